The molecule has 0 aliphatic carbocycles. The van der Waals surface area contributed by atoms with E-state index in [9.17, 15) is 5.11 Å². The van der Waals surface area contributed by atoms with E-state index in [1.165, 1.54) is 0 Å². The molecule has 0 aliphatic rings. The first-order valence-electron chi connectivity index (χ1n) is 11.7. The van der Waals surface area contributed by atoms with Crippen molar-refractivity contribution in [2.24, 2.45) is 0 Å². The molecule has 0 aromatic heterocycles. The summed E-state index contributed by atoms with van der Waals surface area (Å²) in [7, 11) is 0. The van der Waals surface area contributed by atoms with Crippen LogP contribution in [0.1, 0.15) is 28.4 Å². The van der Waals surface area contributed by atoms with E-state index in [1.54, 1.807) is 6.08 Å². The Morgan fingerprint density at radius 2 is 1.23 bits per heavy atom. The van der Waals surface area contributed by atoms with Gasteiger partial charge in [-0.3, -0.25) is 0 Å². The van der Waals surface area contributed by atoms with Crippen LogP contribution in [0.25, 0.3) is 0 Å². The summed E-state index contributed by atoms with van der Waals surface area (Å²) in [5.41, 5.74) is 3.02. The fraction of sp³-hybridized carbons (Fsp3) is 0.161. The van der Waals surface area contributed by atoms with E-state index in [-0.39, 0.29) is 12.6 Å². The molecule has 0 unspecified atom stereocenters. The van der Waals surface area contributed by atoms with Gasteiger partial charge in [-0.1, -0.05) is 131 Å². The maximum absolute atomic E-state index is 11.4. The van der Waals surface area contributed by atoms with Crippen LogP contribution >= 0.6 is 15.9 Å². The molecule has 4 heteroatoms. The molecule has 35 heavy (non-hydrogen) atoms. The first kappa shape index (κ1) is 25.1. The average Bonchev–Trinajstić information content (AvgIpc) is 2.92. The predicted octanol–water partition coefficient (Wildman–Crippen LogP) is 6.64. The van der Waals surface area contributed by atoms with Crippen LogP contribution in [-0.2, 0) is 10.3 Å². The van der Waals surface area contributed by atoms with Crippen LogP contribution in [0, 0.1) is 0 Å². The molecule has 0 saturated carbocycles. The highest BCUT2D eigenvalue weighted by Gasteiger charge is 2.39. The number of benzene rings is 4. The SMILES string of the molecule is C=CCN[C@H](COC(c1ccccc1)(c1ccccc1)c1ccccc1)[C@H](O)c1ccccc1Br. The highest BCUT2D eigenvalue weighted by molar-refractivity contribution is 9.10. The molecule has 2 atom stereocenters. The third-order valence-electron chi connectivity index (χ3n) is 6.15. The Morgan fingerprint density at radius 3 is 1.69 bits per heavy atom. The highest BCUT2D eigenvalue weighted by Crippen LogP contribution is 2.41. The lowest BCUT2D eigenvalue weighted by Gasteiger charge is -2.38. The molecule has 4 aromatic rings. The van der Waals surface area contributed by atoms with Crippen LogP contribution in [0.4, 0.5) is 0 Å². The van der Waals surface area contributed by atoms with Gasteiger partial charge in [-0.15, -0.1) is 6.58 Å². The normalized spacial score (nSPS) is 13.2. The molecule has 2 N–H and O–H groups in total. The summed E-state index contributed by atoms with van der Waals surface area (Å²) in [5, 5.41) is 14.8. The molecular weight excluding hydrogens is 498 g/mol. The maximum atomic E-state index is 11.4. The van der Waals surface area contributed by atoms with Crippen molar-refractivity contribution in [3.8, 4) is 0 Å². The van der Waals surface area contributed by atoms with Crippen molar-refractivity contribution < 1.29 is 9.84 Å². The number of rotatable bonds is 11. The largest absolute Gasteiger partial charge is 0.387 e. The van der Waals surface area contributed by atoms with E-state index in [1.807, 2.05) is 78.9 Å². The van der Waals surface area contributed by atoms with Gasteiger partial charge < -0.3 is 15.2 Å². The van der Waals surface area contributed by atoms with Gasteiger partial charge in [0.2, 0.25) is 0 Å². The monoisotopic (exact) mass is 527 g/mol. The second-order valence-electron chi connectivity index (χ2n) is 8.36. The Labute approximate surface area is 216 Å². The third kappa shape index (κ3) is 5.63. The van der Waals surface area contributed by atoms with Gasteiger partial charge in [0.1, 0.15) is 5.60 Å². The number of halogens is 1. The highest BCUT2D eigenvalue weighted by atomic mass is 79.9. The summed E-state index contributed by atoms with van der Waals surface area (Å²) in [4.78, 5) is 0. The number of hydrogen-bond donors (Lipinski definition) is 2. The van der Waals surface area contributed by atoms with Crippen LogP contribution in [0.5, 0.6) is 0 Å². The molecular formula is C31H30BrNO2. The summed E-state index contributed by atoms with van der Waals surface area (Å²) >= 11 is 3.59. The number of nitrogens with one attached hydrogen (secondary N) is 1. The van der Waals surface area contributed by atoms with Crippen molar-refractivity contribution in [1.82, 2.24) is 5.32 Å². The number of ether oxygens (including phenoxy) is 1. The Kier molecular flexibility index (Phi) is 8.67. The fourth-order valence-corrected chi connectivity index (χ4v) is 4.93. The van der Waals surface area contributed by atoms with Crippen molar-refractivity contribution in [3.63, 3.8) is 0 Å². The minimum Gasteiger partial charge on any atom is -0.387 e. The Balaban J connectivity index is 1.79. The number of aliphatic hydroxyl groups is 1. The van der Waals surface area contributed by atoms with Crippen molar-refractivity contribution >= 4 is 15.9 Å². The zero-order valence-electron chi connectivity index (χ0n) is 19.6. The van der Waals surface area contributed by atoms with E-state index in [4.69, 9.17) is 4.74 Å². The van der Waals surface area contributed by atoms with Gasteiger partial charge in [-0.25, -0.2) is 0 Å². The number of aliphatic hydroxyl groups excluding tert-OH is 1. The molecule has 3 nitrogen and oxygen atoms in total. The predicted molar refractivity (Wildman–Crippen MR) is 146 cm³/mol. The van der Waals surface area contributed by atoms with Crippen molar-refractivity contribution in [1.29, 1.82) is 0 Å². The molecule has 0 radical (unpaired) electrons. The van der Waals surface area contributed by atoms with Gasteiger partial charge in [0.15, 0.2) is 0 Å². The molecule has 0 amide bonds. The zero-order chi connectivity index (χ0) is 24.5. The van der Waals surface area contributed by atoms with E-state index < -0.39 is 11.7 Å². The van der Waals surface area contributed by atoms with Gasteiger partial charge >= 0.3 is 0 Å². The molecule has 0 bridgehead atoms. The van der Waals surface area contributed by atoms with E-state index >= 15 is 0 Å². The minimum absolute atomic E-state index is 0.259. The standard InChI is InChI=1S/C31H30BrNO2/c1-2-22-33-29(30(34)27-20-12-13-21-28(27)32)23-35-31(24-14-6-3-7-15-24,25-16-8-4-9-17-25)26-18-10-5-11-19-26/h2-21,29-30,33-34H,1,22-23H2/t29-,30-/m1/s1. The summed E-state index contributed by atoms with van der Waals surface area (Å²) in [6.45, 7) is 4.64. The summed E-state index contributed by atoms with van der Waals surface area (Å²) < 4.78 is 7.82. The second kappa shape index (κ2) is 12.1. The summed E-state index contributed by atoms with van der Waals surface area (Å²) in [5.74, 6) is 0. The topological polar surface area (TPSA) is 41.5 Å². The molecule has 4 rings (SSSR count). The lowest BCUT2D eigenvalue weighted by molar-refractivity contribution is -0.0238. The first-order valence-corrected chi connectivity index (χ1v) is 12.5. The molecule has 0 fully saturated rings. The molecule has 4 aromatic carbocycles. The van der Waals surface area contributed by atoms with Crippen LogP contribution in [0.2, 0.25) is 0 Å². The Morgan fingerprint density at radius 1 is 0.771 bits per heavy atom. The molecule has 178 valence electrons. The fourth-order valence-electron chi connectivity index (χ4n) is 4.41. The smallest absolute Gasteiger partial charge is 0.143 e. The van der Waals surface area contributed by atoms with Crippen LogP contribution in [-0.4, -0.2) is 24.3 Å². The Hall–Kier alpha value is -3.02. The average molecular weight is 528 g/mol. The Bertz CT molecular complexity index is 1100. The zero-order valence-corrected chi connectivity index (χ0v) is 21.1. The number of hydrogen-bond acceptors (Lipinski definition) is 3. The quantitative estimate of drug-likeness (QED) is 0.170. The maximum Gasteiger partial charge on any atom is 0.143 e. The minimum atomic E-state index is -0.856. The molecule has 0 aliphatic heterocycles. The van der Waals surface area contributed by atoms with Gasteiger partial charge in [-0.2, -0.15) is 0 Å². The molecule has 0 saturated heterocycles. The van der Waals surface area contributed by atoms with Crippen molar-refractivity contribution in [3.05, 3.63) is 155 Å². The molecule has 0 heterocycles. The van der Waals surface area contributed by atoms with Gasteiger partial charge in [0.05, 0.1) is 18.8 Å². The summed E-state index contributed by atoms with van der Waals surface area (Å²) in [6.07, 6.45) is 1.00. The van der Waals surface area contributed by atoms with E-state index in [0.717, 1.165) is 26.7 Å². The van der Waals surface area contributed by atoms with Crippen LogP contribution in [0.15, 0.2) is 132 Å². The van der Waals surface area contributed by atoms with Crippen molar-refractivity contribution in [2.75, 3.05) is 13.2 Å². The van der Waals surface area contributed by atoms with Gasteiger partial charge in [0.25, 0.3) is 0 Å². The van der Waals surface area contributed by atoms with Gasteiger partial charge in [-0.05, 0) is 28.3 Å². The summed E-state index contributed by atoms with van der Waals surface area (Å²) in [6, 6.07) is 38.1. The lowest BCUT2D eigenvalue weighted by Crippen LogP contribution is -2.43. The molecule has 0 spiro atoms. The lowest BCUT2D eigenvalue weighted by atomic mass is 9.80. The first-order chi connectivity index (χ1) is 17.2. The third-order valence-corrected chi connectivity index (χ3v) is 6.87. The van der Waals surface area contributed by atoms with Crippen molar-refractivity contribution in [2.45, 2.75) is 17.7 Å². The van der Waals surface area contributed by atoms with Crippen LogP contribution in [0.3, 0.4) is 0 Å². The van der Waals surface area contributed by atoms with Gasteiger partial charge in [0, 0.05) is 11.0 Å². The second-order valence-corrected chi connectivity index (χ2v) is 9.21. The van der Waals surface area contributed by atoms with E-state index in [2.05, 4.69) is 64.2 Å². The van der Waals surface area contributed by atoms with Crippen LogP contribution < -0.4 is 5.32 Å². The van der Waals surface area contributed by atoms with E-state index in [0.29, 0.717) is 6.54 Å².